The van der Waals surface area contributed by atoms with Crippen LogP contribution in [-0.2, 0) is 4.79 Å². The minimum Gasteiger partial charge on any atom is -0.394 e. The highest BCUT2D eigenvalue weighted by atomic mass is 35.5. The zero-order valence-corrected chi connectivity index (χ0v) is 12.2. The molecule has 2 saturated carbocycles. The van der Waals surface area contributed by atoms with Crippen LogP contribution in [0.4, 0.5) is 0 Å². The molecule has 0 aromatic heterocycles. The van der Waals surface area contributed by atoms with E-state index in [0.29, 0.717) is 5.92 Å². The lowest BCUT2D eigenvalue weighted by Gasteiger charge is -2.28. The Hall–Kier alpha value is -1.06. The summed E-state index contributed by atoms with van der Waals surface area (Å²) >= 11 is 5.88. The van der Waals surface area contributed by atoms with Crippen LogP contribution in [-0.4, -0.2) is 23.2 Å². The second kappa shape index (κ2) is 5.38. The van der Waals surface area contributed by atoms with Crippen molar-refractivity contribution in [2.24, 2.45) is 5.92 Å². The monoisotopic (exact) mass is 293 g/mol. The molecule has 0 unspecified atom stereocenters. The number of hydrogen-bond donors (Lipinski definition) is 2. The van der Waals surface area contributed by atoms with Gasteiger partial charge in [0.05, 0.1) is 12.1 Å². The smallest absolute Gasteiger partial charge is 0.224 e. The van der Waals surface area contributed by atoms with Gasteiger partial charge >= 0.3 is 0 Å². The van der Waals surface area contributed by atoms with Gasteiger partial charge in [-0.15, -0.1) is 0 Å². The predicted molar refractivity (Wildman–Crippen MR) is 78.7 cm³/mol. The highest BCUT2D eigenvalue weighted by Gasteiger charge is 2.46. The summed E-state index contributed by atoms with van der Waals surface area (Å²) < 4.78 is 0. The minimum absolute atomic E-state index is 0.0527. The number of nitrogens with one attached hydrogen (secondary N) is 1. The van der Waals surface area contributed by atoms with Crippen molar-refractivity contribution in [3.8, 4) is 0 Å². The summed E-state index contributed by atoms with van der Waals surface area (Å²) in [7, 11) is 0. The largest absolute Gasteiger partial charge is 0.394 e. The molecule has 0 spiro atoms. The predicted octanol–water partition coefficient (Wildman–Crippen LogP) is 2.86. The van der Waals surface area contributed by atoms with E-state index in [-0.39, 0.29) is 24.0 Å². The second-order valence-electron chi connectivity index (χ2n) is 6.14. The van der Waals surface area contributed by atoms with Gasteiger partial charge in [0.15, 0.2) is 0 Å². The highest BCUT2D eigenvalue weighted by Crippen LogP contribution is 2.48. The van der Waals surface area contributed by atoms with Crippen LogP contribution in [0.2, 0.25) is 5.02 Å². The average Bonchev–Trinajstić information content (AvgIpc) is 3.13. The van der Waals surface area contributed by atoms with Gasteiger partial charge in [0, 0.05) is 10.9 Å². The number of aliphatic hydroxyl groups excluding tert-OH is 1. The van der Waals surface area contributed by atoms with Crippen molar-refractivity contribution in [1.82, 2.24) is 5.32 Å². The van der Waals surface area contributed by atoms with Crippen molar-refractivity contribution in [3.05, 3.63) is 34.9 Å². The fraction of sp³-hybridized carbons (Fsp3) is 0.562. The molecule has 1 aromatic carbocycles. The van der Waals surface area contributed by atoms with Gasteiger partial charge in [-0.25, -0.2) is 0 Å². The first-order chi connectivity index (χ1) is 9.63. The first kappa shape index (κ1) is 13.9. The van der Waals surface area contributed by atoms with E-state index in [9.17, 15) is 9.90 Å². The number of halogens is 1. The Labute approximate surface area is 124 Å². The molecule has 0 radical (unpaired) electrons. The van der Waals surface area contributed by atoms with E-state index >= 15 is 0 Å². The molecule has 4 heteroatoms. The van der Waals surface area contributed by atoms with Crippen molar-refractivity contribution < 1.29 is 9.90 Å². The van der Waals surface area contributed by atoms with Crippen molar-refractivity contribution in [3.63, 3.8) is 0 Å². The Morgan fingerprint density at radius 2 is 1.95 bits per heavy atom. The Bertz CT molecular complexity index is 494. The molecule has 0 bridgehead atoms. The van der Waals surface area contributed by atoms with Crippen molar-refractivity contribution >= 4 is 17.5 Å². The van der Waals surface area contributed by atoms with E-state index in [0.717, 1.165) is 37.1 Å². The summed E-state index contributed by atoms with van der Waals surface area (Å²) in [4.78, 5) is 12.3. The Morgan fingerprint density at radius 3 is 2.55 bits per heavy atom. The summed E-state index contributed by atoms with van der Waals surface area (Å²) in [5, 5.41) is 13.4. The second-order valence-corrected chi connectivity index (χ2v) is 6.57. The van der Waals surface area contributed by atoms with Crippen LogP contribution in [0.5, 0.6) is 0 Å². The normalized spacial score (nSPS) is 27.3. The van der Waals surface area contributed by atoms with Crippen LogP contribution >= 0.6 is 11.6 Å². The van der Waals surface area contributed by atoms with Gasteiger partial charge < -0.3 is 10.4 Å². The van der Waals surface area contributed by atoms with Gasteiger partial charge in [-0.3, -0.25) is 4.79 Å². The van der Waals surface area contributed by atoms with E-state index in [4.69, 9.17) is 11.6 Å². The zero-order valence-electron chi connectivity index (χ0n) is 11.4. The van der Waals surface area contributed by atoms with Crippen molar-refractivity contribution in [2.75, 3.05) is 6.61 Å². The maximum atomic E-state index is 12.3. The van der Waals surface area contributed by atoms with Gasteiger partial charge in [-0.1, -0.05) is 36.6 Å². The molecule has 0 saturated heterocycles. The molecule has 2 aliphatic rings. The fourth-order valence-corrected chi connectivity index (χ4v) is 3.42. The number of amides is 1. The summed E-state index contributed by atoms with van der Waals surface area (Å²) in [5.74, 6) is 0.463. The van der Waals surface area contributed by atoms with E-state index in [1.807, 2.05) is 24.3 Å². The molecule has 2 N–H and O–H groups in total. The van der Waals surface area contributed by atoms with Gasteiger partial charge in [-0.2, -0.15) is 0 Å². The van der Waals surface area contributed by atoms with E-state index in [1.165, 1.54) is 5.56 Å². The van der Waals surface area contributed by atoms with Crippen LogP contribution in [0, 0.1) is 5.92 Å². The number of benzene rings is 1. The van der Waals surface area contributed by atoms with Crippen LogP contribution in [0.3, 0.4) is 0 Å². The first-order valence-corrected chi connectivity index (χ1v) is 7.70. The van der Waals surface area contributed by atoms with E-state index in [2.05, 4.69) is 5.32 Å². The maximum absolute atomic E-state index is 12.3. The Balaban J connectivity index is 1.61. The lowest BCUT2D eigenvalue weighted by atomic mass is 9.98. The highest BCUT2D eigenvalue weighted by molar-refractivity contribution is 6.30. The maximum Gasteiger partial charge on any atom is 0.224 e. The third-order valence-electron chi connectivity index (χ3n) is 4.68. The fourth-order valence-electron chi connectivity index (χ4n) is 3.29. The molecule has 2 aliphatic carbocycles. The lowest BCUT2D eigenvalue weighted by molar-refractivity contribution is -0.124. The Kier molecular flexibility index (Phi) is 3.74. The van der Waals surface area contributed by atoms with Crippen LogP contribution in [0.15, 0.2) is 24.3 Å². The SMILES string of the molecule is O=C(NC1(CO)CCCC1)[C@H]1C[C@H]1c1ccc(Cl)cc1. The molecule has 1 aromatic rings. The van der Waals surface area contributed by atoms with Crippen LogP contribution in [0.25, 0.3) is 0 Å². The van der Waals surface area contributed by atoms with Gasteiger partial charge in [-0.05, 0) is 42.9 Å². The molecule has 3 nitrogen and oxygen atoms in total. The molecule has 3 rings (SSSR count). The number of hydrogen-bond acceptors (Lipinski definition) is 2. The van der Waals surface area contributed by atoms with Crippen molar-refractivity contribution in [2.45, 2.75) is 43.6 Å². The molecule has 20 heavy (non-hydrogen) atoms. The summed E-state index contributed by atoms with van der Waals surface area (Å²) in [5.41, 5.74) is 0.823. The molecule has 0 heterocycles. The van der Waals surface area contributed by atoms with Gasteiger partial charge in [0.2, 0.25) is 5.91 Å². The molecular formula is C16H20ClNO2. The molecule has 108 valence electrons. The van der Waals surface area contributed by atoms with Crippen LogP contribution < -0.4 is 5.32 Å². The van der Waals surface area contributed by atoms with Crippen molar-refractivity contribution in [1.29, 1.82) is 0 Å². The topological polar surface area (TPSA) is 49.3 Å². The minimum atomic E-state index is -0.357. The first-order valence-electron chi connectivity index (χ1n) is 7.32. The Morgan fingerprint density at radius 1 is 1.30 bits per heavy atom. The van der Waals surface area contributed by atoms with E-state index in [1.54, 1.807) is 0 Å². The molecule has 2 atom stereocenters. The molecule has 1 amide bonds. The zero-order chi connectivity index (χ0) is 14.2. The van der Waals surface area contributed by atoms with E-state index < -0.39 is 0 Å². The summed E-state index contributed by atoms with van der Waals surface area (Å²) in [6.45, 7) is 0.0527. The average molecular weight is 294 g/mol. The number of carbonyl (C=O) groups is 1. The van der Waals surface area contributed by atoms with Crippen LogP contribution in [0.1, 0.15) is 43.6 Å². The third kappa shape index (κ3) is 2.70. The number of rotatable bonds is 4. The standard InChI is InChI=1S/C16H20ClNO2/c17-12-5-3-11(4-6-12)13-9-14(13)15(20)18-16(10-19)7-1-2-8-16/h3-6,13-14,19H,1-2,7-10H2,(H,18,20)/t13-,14-/m0/s1. The summed E-state index contributed by atoms with van der Waals surface area (Å²) in [6.07, 6.45) is 4.87. The quantitative estimate of drug-likeness (QED) is 0.897. The molecule has 0 aliphatic heterocycles. The number of aliphatic hydroxyl groups is 1. The summed E-state index contributed by atoms with van der Waals surface area (Å²) in [6, 6.07) is 7.74. The lowest BCUT2D eigenvalue weighted by Crippen LogP contribution is -2.49. The van der Waals surface area contributed by atoms with Gasteiger partial charge in [0.1, 0.15) is 0 Å². The molecule has 2 fully saturated rings. The number of carbonyl (C=O) groups excluding carboxylic acids is 1. The molecular weight excluding hydrogens is 274 g/mol. The van der Waals surface area contributed by atoms with Gasteiger partial charge in [0.25, 0.3) is 0 Å². The third-order valence-corrected chi connectivity index (χ3v) is 4.93.